The third kappa shape index (κ3) is 2.64. The molecule has 0 saturated carbocycles. The van der Waals surface area contributed by atoms with Crippen LogP contribution < -0.4 is 4.74 Å². The lowest BCUT2D eigenvalue weighted by molar-refractivity contribution is 0.109. The fourth-order valence-corrected chi connectivity index (χ4v) is 1.28. The Kier molecular flexibility index (Phi) is 3.63. The van der Waals surface area contributed by atoms with Gasteiger partial charge in [0.2, 0.25) is 5.12 Å². The largest absolute Gasteiger partial charge is 0.492 e. The van der Waals surface area contributed by atoms with Crippen molar-refractivity contribution in [1.82, 2.24) is 0 Å². The molecule has 0 radical (unpaired) electrons. The first-order chi connectivity index (χ1) is 6.15. The molecule has 4 heteroatoms. The van der Waals surface area contributed by atoms with Crippen molar-refractivity contribution >= 4 is 29.3 Å². The van der Waals surface area contributed by atoms with Crippen molar-refractivity contribution in [3.63, 3.8) is 0 Å². The Morgan fingerprint density at radius 2 is 2.31 bits per heavy atom. The summed E-state index contributed by atoms with van der Waals surface area (Å²) in [6.07, 6.45) is 0. The molecule has 0 aliphatic carbocycles. The van der Waals surface area contributed by atoms with Gasteiger partial charge in [-0.15, -0.1) is 12.6 Å². The Bertz CT molecular complexity index is 325. The number of ether oxygens (including phenoxy) is 1. The van der Waals surface area contributed by atoms with Gasteiger partial charge in [0.25, 0.3) is 0 Å². The molecule has 0 heterocycles. The van der Waals surface area contributed by atoms with Gasteiger partial charge in [0.15, 0.2) is 0 Å². The molecule has 70 valence electrons. The van der Waals surface area contributed by atoms with Crippen LogP contribution in [-0.2, 0) is 0 Å². The van der Waals surface area contributed by atoms with Gasteiger partial charge in [-0.25, -0.2) is 0 Å². The molecule has 1 aromatic rings. The average molecular weight is 217 g/mol. The maximum absolute atomic E-state index is 10.8. The molecular formula is C9H9ClO2S. The Labute approximate surface area is 87.3 Å². The van der Waals surface area contributed by atoms with Crippen LogP contribution in [0.15, 0.2) is 18.2 Å². The molecule has 1 rings (SSSR count). The first-order valence-corrected chi connectivity index (χ1v) is 4.63. The zero-order chi connectivity index (χ0) is 9.84. The smallest absolute Gasteiger partial charge is 0.216 e. The fraction of sp³-hybridized carbons (Fsp3) is 0.222. The van der Waals surface area contributed by atoms with Crippen LogP contribution in [0.5, 0.6) is 5.75 Å². The highest BCUT2D eigenvalue weighted by molar-refractivity contribution is 7.97. The van der Waals surface area contributed by atoms with Gasteiger partial charge < -0.3 is 4.74 Å². The van der Waals surface area contributed by atoms with E-state index < -0.39 is 0 Å². The van der Waals surface area contributed by atoms with Crippen LogP contribution in [-0.4, -0.2) is 11.7 Å². The highest BCUT2D eigenvalue weighted by Gasteiger charge is 2.05. The minimum atomic E-state index is -0.301. The van der Waals surface area contributed by atoms with E-state index in [1.165, 1.54) is 0 Å². The van der Waals surface area contributed by atoms with E-state index in [0.29, 0.717) is 22.9 Å². The van der Waals surface area contributed by atoms with E-state index in [1.807, 2.05) is 6.92 Å². The van der Waals surface area contributed by atoms with Gasteiger partial charge in [0.05, 0.1) is 11.6 Å². The van der Waals surface area contributed by atoms with Crippen LogP contribution in [0.1, 0.15) is 17.3 Å². The summed E-state index contributed by atoms with van der Waals surface area (Å²) in [4.78, 5) is 10.8. The number of hydrogen-bond donors (Lipinski definition) is 1. The molecule has 0 aliphatic rings. The van der Waals surface area contributed by atoms with Crippen molar-refractivity contribution in [3.8, 4) is 5.75 Å². The molecule has 0 bridgehead atoms. The molecule has 13 heavy (non-hydrogen) atoms. The first-order valence-electron chi connectivity index (χ1n) is 3.80. The van der Waals surface area contributed by atoms with Gasteiger partial charge in [-0.1, -0.05) is 11.6 Å². The van der Waals surface area contributed by atoms with Crippen molar-refractivity contribution in [2.75, 3.05) is 6.61 Å². The fourth-order valence-electron chi connectivity index (χ4n) is 0.906. The van der Waals surface area contributed by atoms with Crippen molar-refractivity contribution in [2.45, 2.75) is 6.92 Å². The quantitative estimate of drug-likeness (QED) is 0.787. The Hall–Kier alpha value is -0.670. The van der Waals surface area contributed by atoms with E-state index in [1.54, 1.807) is 18.2 Å². The van der Waals surface area contributed by atoms with E-state index in [9.17, 15) is 4.79 Å². The van der Waals surface area contributed by atoms with Crippen LogP contribution in [0.4, 0.5) is 0 Å². The predicted molar refractivity (Wildman–Crippen MR) is 55.9 cm³/mol. The van der Waals surface area contributed by atoms with Crippen molar-refractivity contribution in [1.29, 1.82) is 0 Å². The van der Waals surface area contributed by atoms with Gasteiger partial charge in [0, 0.05) is 5.56 Å². The maximum atomic E-state index is 10.8. The minimum absolute atomic E-state index is 0.301. The van der Waals surface area contributed by atoms with Crippen LogP contribution in [0, 0.1) is 0 Å². The van der Waals surface area contributed by atoms with Crippen molar-refractivity contribution in [3.05, 3.63) is 28.8 Å². The molecule has 2 nitrogen and oxygen atoms in total. The topological polar surface area (TPSA) is 26.3 Å². The lowest BCUT2D eigenvalue weighted by Gasteiger charge is -2.05. The summed E-state index contributed by atoms with van der Waals surface area (Å²) >= 11 is 9.52. The molecule has 0 fully saturated rings. The summed E-state index contributed by atoms with van der Waals surface area (Å²) in [6.45, 7) is 2.42. The molecule has 1 aromatic carbocycles. The maximum Gasteiger partial charge on any atom is 0.216 e. The molecule has 0 amide bonds. The molecule has 0 aliphatic heterocycles. The normalized spacial score (nSPS) is 9.77. The van der Waals surface area contributed by atoms with Crippen LogP contribution in [0.2, 0.25) is 5.02 Å². The summed E-state index contributed by atoms with van der Waals surface area (Å²) in [5, 5.41) is 0.131. The van der Waals surface area contributed by atoms with E-state index in [4.69, 9.17) is 16.3 Å². The molecule has 0 saturated heterocycles. The third-order valence-corrected chi connectivity index (χ3v) is 2.03. The molecule has 0 N–H and O–H groups in total. The molecule has 0 unspecified atom stereocenters. The van der Waals surface area contributed by atoms with E-state index >= 15 is 0 Å². The Morgan fingerprint density at radius 3 is 2.77 bits per heavy atom. The van der Waals surface area contributed by atoms with E-state index in [0.717, 1.165) is 0 Å². The Morgan fingerprint density at radius 1 is 1.62 bits per heavy atom. The van der Waals surface area contributed by atoms with E-state index in [2.05, 4.69) is 12.6 Å². The van der Waals surface area contributed by atoms with Crippen molar-refractivity contribution in [2.24, 2.45) is 0 Å². The number of halogens is 1. The summed E-state index contributed by atoms with van der Waals surface area (Å²) in [7, 11) is 0. The SMILES string of the molecule is CCOc1ccc(C(=O)S)cc1Cl. The zero-order valence-corrected chi connectivity index (χ0v) is 8.73. The van der Waals surface area contributed by atoms with Gasteiger partial charge in [-0.3, -0.25) is 4.79 Å². The van der Waals surface area contributed by atoms with Crippen LogP contribution >= 0.6 is 24.2 Å². The monoisotopic (exact) mass is 216 g/mol. The number of carbonyl (C=O) groups is 1. The van der Waals surface area contributed by atoms with Crippen LogP contribution in [0.3, 0.4) is 0 Å². The molecular weight excluding hydrogens is 208 g/mol. The predicted octanol–water partition coefficient (Wildman–Crippen LogP) is 2.81. The standard InChI is InChI=1S/C9H9ClO2S/c1-2-12-8-4-3-6(9(11)13)5-7(8)10/h3-5H,2H2,1H3,(H,11,13). The average Bonchev–Trinajstić information content (AvgIpc) is 2.08. The first kappa shape index (κ1) is 10.4. The summed E-state index contributed by atoms with van der Waals surface area (Å²) in [5.41, 5.74) is 0.469. The second kappa shape index (κ2) is 4.53. The number of benzene rings is 1. The summed E-state index contributed by atoms with van der Waals surface area (Å²) in [6, 6.07) is 4.84. The van der Waals surface area contributed by atoms with Crippen LogP contribution in [0.25, 0.3) is 0 Å². The number of carbonyl (C=O) groups excluding carboxylic acids is 1. The van der Waals surface area contributed by atoms with Crippen molar-refractivity contribution < 1.29 is 9.53 Å². The highest BCUT2D eigenvalue weighted by atomic mass is 35.5. The third-order valence-electron chi connectivity index (χ3n) is 1.48. The summed E-state index contributed by atoms with van der Waals surface area (Å²) in [5.74, 6) is 0.586. The minimum Gasteiger partial charge on any atom is -0.492 e. The van der Waals surface area contributed by atoms with E-state index in [-0.39, 0.29) is 5.12 Å². The van der Waals surface area contributed by atoms with Gasteiger partial charge in [-0.05, 0) is 25.1 Å². The summed E-state index contributed by atoms with van der Waals surface area (Å²) < 4.78 is 5.20. The Balaban J connectivity index is 2.98. The molecule has 0 spiro atoms. The lowest BCUT2D eigenvalue weighted by atomic mass is 10.2. The highest BCUT2D eigenvalue weighted by Crippen LogP contribution is 2.25. The number of hydrogen-bond acceptors (Lipinski definition) is 2. The lowest BCUT2D eigenvalue weighted by Crippen LogP contribution is -1.94. The second-order valence-electron chi connectivity index (χ2n) is 2.38. The zero-order valence-electron chi connectivity index (χ0n) is 7.08. The number of thiol groups is 1. The van der Waals surface area contributed by atoms with Gasteiger partial charge >= 0.3 is 0 Å². The van der Waals surface area contributed by atoms with Gasteiger partial charge in [-0.2, -0.15) is 0 Å². The van der Waals surface area contributed by atoms with Gasteiger partial charge in [0.1, 0.15) is 5.75 Å². The molecule has 0 atom stereocenters. The number of rotatable bonds is 3. The molecule has 0 aromatic heterocycles. The second-order valence-corrected chi connectivity index (χ2v) is 3.20.